The molecule has 1 aliphatic carbocycles. The standard InChI is InChI=1S/C21H27FN2O2/c22-17-6-4-5-16(11-17)12-21(7-2-1-3-8-21)19(26)24-10-9-20(15-24)13-18(25)23-14-20/h4-6,11H,1-3,7-10,12-15H2,(H,23,25). The lowest BCUT2D eigenvalue weighted by Crippen LogP contribution is -2.46. The van der Waals surface area contributed by atoms with Crippen molar-refractivity contribution < 1.29 is 14.0 Å². The Hall–Kier alpha value is -1.91. The van der Waals surface area contributed by atoms with Crippen LogP contribution in [0.25, 0.3) is 0 Å². The van der Waals surface area contributed by atoms with Gasteiger partial charge in [-0.05, 0) is 43.4 Å². The van der Waals surface area contributed by atoms with Crippen molar-refractivity contribution in [2.45, 2.75) is 51.4 Å². The molecular formula is C21H27FN2O2. The summed E-state index contributed by atoms with van der Waals surface area (Å²) in [4.78, 5) is 27.2. The molecule has 2 aliphatic heterocycles. The van der Waals surface area contributed by atoms with Crippen LogP contribution in [0.3, 0.4) is 0 Å². The molecular weight excluding hydrogens is 331 g/mol. The van der Waals surface area contributed by atoms with E-state index in [1.165, 1.54) is 12.5 Å². The Kier molecular flexibility index (Phi) is 4.49. The van der Waals surface area contributed by atoms with E-state index in [-0.39, 0.29) is 23.0 Å². The molecule has 1 unspecified atom stereocenters. The summed E-state index contributed by atoms with van der Waals surface area (Å²) in [6.45, 7) is 2.10. The molecule has 2 amide bonds. The van der Waals surface area contributed by atoms with Gasteiger partial charge >= 0.3 is 0 Å². The molecule has 4 nitrogen and oxygen atoms in total. The Morgan fingerprint density at radius 1 is 1.19 bits per heavy atom. The number of nitrogens with one attached hydrogen (secondary N) is 1. The topological polar surface area (TPSA) is 49.4 Å². The molecule has 3 fully saturated rings. The summed E-state index contributed by atoms with van der Waals surface area (Å²) < 4.78 is 13.7. The number of carbonyl (C=O) groups excluding carboxylic acids is 2. The number of halogens is 1. The number of hydrogen-bond donors (Lipinski definition) is 1. The lowest BCUT2D eigenvalue weighted by atomic mass is 9.69. The minimum absolute atomic E-state index is 0.0680. The quantitative estimate of drug-likeness (QED) is 0.903. The molecule has 140 valence electrons. The number of likely N-dealkylation sites (tertiary alicyclic amines) is 1. The van der Waals surface area contributed by atoms with Crippen molar-refractivity contribution in [1.29, 1.82) is 0 Å². The van der Waals surface area contributed by atoms with Gasteiger partial charge in [-0.2, -0.15) is 0 Å². The van der Waals surface area contributed by atoms with E-state index in [1.54, 1.807) is 12.1 Å². The molecule has 2 saturated heterocycles. The molecule has 1 aromatic rings. The third-order valence-electron chi connectivity index (χ3n) is 6.62. The van der Waals surface area contributed by atoms with Crippen LogP contribution in [0.5, 0.6) is 0 Å². The van der Waals surface area contributed by atoms with Crippen molar-refractivity contribution in [3.8, 4) is 0 Å². The van der Waals surface area contributed by atoms with Gasteiger partial charge < -0.3 is 10.2 Å². The van der Waals surface area contributed by atoms with Crippen LogP contribution in [0.4, 0.5) is 4.39 Å². The second-order valence-corrected chi connectivity index (χ2v) is 8.58. The molecule has 3 aliphatic rings. The zero-order chi connectivity index (χ0) is 18.2. The SMILES string of the molecule is O=C1CC2(CCN(C(=O)C3(Cc4cccc(F)c4)CCCCC3)C2)CN1. The maximum Gasteiger partial charge on any atom is 0.229 e. The first-order valence-corrected chi connectivity index (χ1v) is 9.81. The summed E-state index contributed by atoms with van der Waals surface area (Å²) in [7, 11) is 0. The van der Waals surface area contributed by atoms with E-state index in [9.17, 15) is 14.0 Å². The molecule has 26 heavy (non-hydrogen) atoms. The van der Waals surface area contributed by atoms with E-state index in [2.05, 4.69) is 5.32 Å². The Balaban J connectivity index is 1.54. The molecule has 1 spiro atoms. The molecule has 1 saturated carbocycles. The first-order valence-electron chi connectivity index (χ1n) is 9.81. The number of nitrogens with zero attached hydrogens (tertiary/aromatic N) is 1. The highest BCUT2D eigenvalue weighted by Crippen LogP contribution is 2.44. The van der Waals surface area contributed by atoms with Crippen LogP contribution in [0, 0.1) is 16.6 Å². The van der Waals surface area contributed by atoms with E-state index >= 15 is 0 Å². The fourth-order valence-corrected chi connectivity index (χ4v) is 5.22. The second kappa shape index (κ2) is 6.67. The number of rotatable bonds is 3. The van der Waals surface area contributed by atoms with Crippen LogP contribution in [-0.4, -0.2) is 36.3 Å². The summed E-state index contributed by atoms with van der Waals surface area (Å²) in [5.41, 5.74) is 0.432. The third-order valence-corrected chi connectivity index (χ3v) is 6.62. The first-order chi connectivity index (χ1) is 12.5. The van der Waals surface area contributed by atoms with Crippen LogP contribution in [0.2, 0.25) is 0 Å². The average molecular weight is 358 g/mol. The van der Waals surface area contributed by atoms with Crippen LogP contribution >= 0.6 is 0 Å². The highest BCUT2D eigenvalue weighted by molar-refractivity contribution is 5.84. The maximum absolute atomic E-state index is 13.7. The van der Waals surface area contributed by atoms with Crippen molar-refractivity contribution in [2.24, 2.45) is 10.8 Å². The zero-order valence-electron chi connectivity index (χ0n) is 15.2. The lowest BCUT2D eigenvalue weighted by molar-refractivity contribution is -0.143. The zero-order valence-corrected chi connectivity index (χ0v) is 15.2. The van der Waals surface area contributed by atoms with Gasteiger partial charge in [-0.25, -0.2) is 4.39 Å². The molecule has 2 heterocycles. The van der Waals surface area contributed by atoms with E-state index in [1.807, 2.05) is 11.0 Å². The van der Waals surface area contributed by atoms with E-state index < -0.39 is 5.41 Å². The molecule has 1 atom stereocenters. The Morgan fingerprint density at radius 2 is 2.00 bits per heavy atom. The normalized spacial score (nSPS) is 27.7. The summed E-state index contributed by atoms with van der Waals surface area (Å²) in [5.74, 6) is 0.0840. The van der Waals surface area contributed by atoms with E-state index in [0.717, 1.165) is 44.2 Å². The Bertz CT molecular complexity index is 714. The Morgan fingerprint density at radius 3 is 2.69 bits per heavy atom. The fourth-order valence-electron chi connectivity index (χ4n) is 5.22. The minimum atomic E-state index is -0.409. The number of carbonyl (C=O) groups is 2. The molecule has 1 aromatic carbocycles. The van der Waals surface area contributed by atoms with E-state index in [4.69, 9.17) is 0 Å². The predicted molar refractivity (Wildman–Crippen MR) is 96.9 cm³/mol. The number of benzene rings is 1. The summed E-state index contributed by atoms with van der Waals surface area (Å²) in [6, 6.07) is 6.67. The van der Waals surface area contributed by atoms with Crippen LogP contribution in [0.1, 0.15) is 50.5 Å². The summed E-state index contributed by atoms with van der Waals surface area (Å²) in [6.07, 6.45) is 7.08. The van der Waals surface area contributed by atoms with Crippen molar-refractivity contribution in [1.82, 2.24) is 10.2 Å². The van der Waals surface area contributed by atoms with Gasteiger partial charge in [0, 0.05) is 31.5 Å². The van der Waals surface area contributed by atoms with Gasteiger partial charge in [0.2, 0.25) is 11.8 Å². The second-order valence-electron chi connectivity index (χ2n) is 8.58. The summed E-state index contributed by atoms with van der Waals surface area (Å²) >= 11 is 0. The van der Waals surface area contributed by atoms with Gasteiger partial charge in [0.25, 0.3) is 0 Å². The van der Waals surface area contributed by atoms with Gasteiger partial charge in [0.05, 0.1) is 5.41 Å². The molecule has 4 rings (SSSR count). The molecule has 1 N–H and O–H groups in total. The van der Waals surface area contributed by atoms with Crippen LogP contribution in [-0.2, 0) is 16.0 Å². The third kappa shape index (κ3) is 3.24. The van der Waals surface area contributed by atoms with Crippen LogP contribution < -0.4 is 5.32 Å². The monoisotopic (exact) mass is 358 g/mol. The minimum Gasteiger partial charge on any atom is -0.355 e. The first kappa shape index (κ1) is 17.5. The number of hydrogen-bond acceptors (Lipinski definition) is 2. The fraction of sp³-hybridized carbons (Fsp3) is 0.619. The molecule has 5 heteroatoms. The number of amides is 2. The molecule has 0 aromatic heterocycles. The highest BCUT2D eigenvalue weighted by atomic mass is 19.1. The molecule has 0 bridgehead atoms. The van der Waals surface area contributed by atoms with Gasteiger partial charge in [0.15, 0.2) is 0 Å². The van der Waals surface area contributed by atoms with Gasteiger partial charge in [-0.15, -0.1) is 0 Å². The molecule has 0 radical (unpaired) electrons. The predicted octanol–water partition coefficient (Wildman–Crippen LogP) is 3.06. The van der Waals surface area contributed by atoms with Gasteiger partial charge in [-0.1, -0.05) is 31.4 Å². The Labute approximate surface area is 154 Å². The smallest absolute Gasteiger partial charge is 0.229 e. The maximum atomic E-state index is 13.7. The van der Waals surface area contributed by atoms with Crippen molar-refractivity contribution in [3.63, 3.8) is 0 Å². The van der Waals surface area contributed by atoms with Crippen molar-refractivity contribution in [2.75, 3.05) is 19.6 Å². The summed E-state index contributed by atoms with van der Waals surface area (Å²) in [5, 5.41) is 2.93. The van der Waals surface area contributed by atoms with Crippen molar-refractivity contribution in [3.05, 3.63) is 35.6 Å². The van der Waals surface area contributed by atoms with Gasteiger partial charge in [-0.3, -0.25) is 9.59 Å². The van der Waals surface area contributed by atoms with Gasteiger partial charge in [0.1, 0.15) is 5.82 Å². The lowest BCUT2D eigenvalue weighted by Gasteiger charge is -2.39. The highest BCUT2D eigenvalue weighted by Gasteiger charge is 2.49. The average Bonchev–Trinajstić information content (AvgIpc) is 3.21. The van der Waals surface area contributed by atoms with E-state index in [0.29, 0.717) is 25.9 Å². The largest absolute Gasteiger partial charge is 0.355 e. The van der Waals surface area contributed by atoms with Crippen molar-refractivity contribution >= 4 is 11.8 Å². The van der Waals surface area contributed by atoms with Crippen LogP contribution in [0.15, 0.2) is 24.3 Å².